The van der Waals surface area contributed by atoms with Gasteiger partial charge in [-0.25, -0.2) is 4.98 Å². The fourth-order valence-corrected chi connectivity index (χ4v) is 7.29. The van der Waals surface area contributed by atoms with Crippen LogP contribution in [0, 0.1) is 16.7 Å². The standard InChI is InChI=1S/C27H31IN4O5/c1-24(2)8-6-15(7-9-24)18-10-16(4-5-19(18)32-23(35)22-30-12-17(11-29)31-22)26(36)13-25(3)20(33)21(34)27(28,14-26)37-25/h4-6,10,12,20-21,33-34,36H,7-9,13-14H2,1-3H3,(H,30,31)(H,32,35)/t20-,21+,25+,26+,27-/m1/s1. The monoisotopic (exact) mass is 618 g/mol. The number of nitrogens with zero attached hydrogens (tertiary/aromatic N) is 2. The SMILES string of the molecule is CC1(C)CC=C(c2cc([C@@]3(O)C[C@@]4(I)O[C@@](C)(C3)[C@H](O)[C@@H]4O)ccc2NC(=O)c2nc(C#N)c[nH]2)CC1. The summed E-state index contributed by atoms with van der Waals surface area (Å²) in [5, 5.41) is 45.2. The van der Waals surface area contributed by atoms with Gasteiger partial charge in [0.25, 0.3) is 5.91 Å². The van der Waals surface area contributed by atoms with Gasteiger partial charge in [0.1, 0.15) is 18.3 Å². The van der Waals surface area contributed by atoms with E-state index >= 15 is 0 Å². The largest absolute Gasteiger partial charge is 0.387 e. The van der Waals surface area contributed by atoms with Gasteiger partial charge in [0.2, 0.25) is 0 Å². The molecule has 0 spiro atoms. The second-order valence-corrected chi connectivity index (χ2v) is 13.4. The molecule has 2 aliphatic heterocycles. The molecular weight excluding hydrogens is 587 g/mol. The van der Waals surface area contributed by atoms with Gasteiger partial charge in [-0.05, 0) is 77.5 Å². The number of halogens is 1. The lowest BCUT2D eigenvalue weighted by atomic mass is 9.75. The van der Waals surface area contributed by atoms with Crippen molar-refractivity contribution in [2.75, 3.05) is 5.32 Å². The molecule has 5 atom stereocenters. The van der Waals surface area contributed by atoms with E-state index < -0.39 is 32.9 Å². The van der Waals surface area contributed by atoms with Crippen LogP contribution in [0.25, 0.3) is 5.57 Å². The second kappa shape index (κ2) is 8.88. The number of aliphatic hydroxyl groups excluding tert-OH is 2. The molecule has 3 aliphatic rings. The van der Waals surface area contributed by atoms with Crippen molar-refractivity contribution >= 4 is 39.8 Å². The molecule has 2 fully saturated rings. The normalized spacial score (nSPS) is 34.5. The van der Waals surface area contributed by atoms with Gasteiger partial charge in [0.05, 0.1) is 11.2 Å². The minimum atomic E-state index is -1.36. The van der Waals surface area contributed by atoms with Crippen molar-refractivity contribution in [1.82, 2.24) is 9.97 Å². The Hall–Kier alpha value is -2.30. The van der Waals surface area contributed by atoms with E-state index in [1.807, 2.05) is 34.7 Å². The van der Waals surface area contributed by atoms with Gasteiger partial charge in [-0.3, -0.25) is 4.79 Å². The van der Waals surface area contributed by atoms with Gasteiger partial charge >= 0.3 is 0 Å². The molecule has 10 heteroatoms. The van der Waals surface area contributed by atoms with Gasteiger partial charge < -0.3 is 30.4 Å². The number of allylic oxidation sites excluding steroid dienone is 2. The average Bonchev–Trinajstić information content (AvgIpc) is 3.36. The zero-order valence-corrected chi connectivity index (χ0v) is 23.2. The molecule has 2 aromatic rings. The lowest BCUT2D eigenvalue weighted by Crippen LogP contribution is -2.50. The summed E-state index contributed by atoms with van der Waals surface area (Å²) in [6.07, 6.45) is 4.21. The summed E-state index contributed by atoms with van der Waals surface area (Å²) in [7, 11) is 0. The third-order valence-electron chi connectivity index (χ3n) is 7.98. The third-order valence-corrected chi connectivity index (χ3v) is 9.22. The summed E-state index contributed by atoms with van der Waals surface area (Å²) >= 11 is 1.99. The van der Waals surface area contributed by atoms with Crippen molar-refractivity contribution in [3.63, 3.8) is 0 Å². The molecule has 3 heterocycles. The van der Waals surface area contributed by atoms with Crippen molar-refractivity contribution in [2.45, 2.75) is 79.9 Å². The predicted molar refractivity (Wildman–Crippen MR) is 145 cm³/mol. The fourth-order valence-electron chi connectivity index (χ4n) is 5.81. The van der Waals surface area contributed by atoms with Crippen LogP contribution in [0.2, 0.25) is 0 Å². The number of H-pyrrole nitrogens is 1. The van der Waals surface area contributed by atoms with Crippen LogP contribution in [0.3, 0.4) is 0 Å². The molecule has 2 saturated heterocycles. The minimum Gasteiger partial charge on any atom is -0.387 e. The first-order chi connectivity index (χ1) is 17.3. The number of anilines is 1. The van der Waals surface area contributed by atoms with E-state index in [1.165, 1.54) is 6.20 Å². The Morgan fingerprint density at radius 3 is 2.65 bits per heavy atom. The zero-order valence-electron chi connectivity index (χ0n) is 21.0. The van der Waals surface area contributed by atoms with Crippen LogP contribution in [0.4, 0.5) is 5.69 Å². The molecule has 0 saturated carbocycles. The van der Waals surface area contributed by atoms with Crippen molar-refractivity contribution < 1.29 is 24.9 Å². The molecule has 1 aromatic carbocycles. The Bertz CT molecular complexity index is 1310. The molecule has 196 valence electrons. The number of hydrogen-bond acceptors (Lipinski definition) is 7. The number of alkyl halides is 1. The second-order valence-electron chi connectivity index (χ2n) is 11.5. The number of nitriles is 1. The highest BCUT2D eigenvalue weighted by molar-refractivity contribution is 14.1. The maximum atomic E-state index is 12.9. The Balaban J connectivity index is 1.54. The smallest absolute Gasteiger partial charge is 0.291 e. The molecular formula is C27H31IN4O5. The van der Waals surface area contributed by atoms with Crippen LogP contribution in [0.5, 0.6) is 0 Å². The van der Waals surface area contributed by atoms with E-state index in [-0.39, 0.29) is 29.8 Å². The van der Waals surface area contributed by atoms with Crippen molar-refractivity contribution in [1.29, 1.82) is 5.26 Å². The number of hydrogen-bond donors (Lipinski definition) is 5. The number of carbonyl (C=O) groups excluding carboxylic acids is 1. The topological polar surface area (TPSA) is 151 Å². The van der Waals surface area contributed by atoms with Crippen LogP contribution in [-0.4, -0.2) is 52.6 Å². The molecule has 37 heavy (non-hydrogen) atoms. The molecule has 5 rings (SSSR count). The van der Waals surface area contributed by atoms with Gasteiger partial charge in [-0.1, -0.05) is 26.0 Å². The first-order valence-electron chi connectivity index (χ1n) is 12.4. The summed E-state index contributed by atoms with van der Waals surface area (Å²) in [6, 6.07) is 7.33. The lowest BCUT2D eigenvalue weighted by molar-refractivity contribution is -0.183. The number of rotatable bonds is 4. The van der Waals surface area contributed by atoms with Crippen molar-refractivity contribution in [2.24, 2.45) is 5.41 Å². The maximum Gasteiger partial charge on any atom is 0.291 e. The minimum absolute atomic E-state index is 0.0349. The van der Waals surface area contributed by atoms with Crippen LogP contribution >= 0.6 is 22.6 Å². The fraction of sp³-hybridized carbons (Fsp3) is 0.519. The molecule has 1 aromatic heterocycles. The summed E-state index contributed by atoms with van der Waals surface area (Å²) in [5.41, 5.74) is 0.917. The van der Waals surface area contributed by atoms with E-state index in [0.717, 1.165) is 30.4 Å². The number of imidazole rings is 1. The molecule has 1 aliphatic carbocycles. The molecule has 0 unspecified atom stereocenters. The molecule has 5 N–H and O–H groups in total. The number of aromatic amines is 1. The van der Waals surface area contributed by atoms with Crippen molar-refractivity contribution in [3.8, 4) is 6.07 Å². The Labute approximate surface area is 229 Å². The highest BCUT2D eigenvalue weighted by atomic mass is 127. The predicted octanol–water partition coefficient (Wildman–Crippen LogP) is 3.75. The zero-order chi connectivity index (χ0) is 26.8. The van der Waals surface area contributed by atoms with E-state index in [2.05, 4.69) is 35.2 Å². The number of aliphatic hydroxyl groups is 3. The molecule has 9 nitrogen and oxygen atoms in total. The number of benzene rings is 1. The number of fused-ring (bicyclic) bond motifs is 2. The lowest BCUT2D eigenvalue weighted by Gasteiger charge is -2.45. The van der Waals surface area contributed by atoms with Crippen LogP contribution < -0.4 is 5.32 Å². The molecule has 2 bridgehead atoms. The van der Waals surface area contributed by atoms with Crippen LogP contribution in [0.15, 0.2) is 30.5 Å². The Morgan fingerprint density at radius 1 is 1.27 bits per heavy atom. The quantitative estimate of drug-likeness (QED) is 0.259. The number of aromatic nitrogens is 2. The number of amides is 1. The average molecular weight is 618 g/mol. The van der Waals surface area contributed by atoms with Crippen LogP contribution in [-0.2, 0) is 10.3 Å². The molecule has 1 amide bonds. The summed E-state index contributed by atoms with van der Waals surface area (Å²) in [6.45, 7) is 6.16. The van der Waals surface area contributed by atoms with E-state index in [1.54, 1.807) is 19.1 Å². The summed E-state index contributed by atoms with van der Waals surface area (Å²) in [5.74, 6) is -0.437. The van der Waals surface area contributed by atoms with Crippen LogP contribution in [0.1, 0.15) is 80.3 Å². The van der Waals surface area contributed by atoms with Gasteiger partial charge in [-0.15, -0.1) is 0 Å². The third kappa shape index (κ3) is 4.61. The van der Waals surface area contributed by atoms with Crippen molar-refractivity contribution in [3.05, 3.63) is 53.1 Å². The van der Waals surface area contributed by atoms with E-state index in [0.29, 0.717) is 11.3 Å². The van der Waals surface area contributed by atoms with E-state index in [9.17, 15) is 20.1 Å². The molecule has 0 radical (unpaired) electrons. The van der Waals surface area contributed by atoms with Gasteiger partial charge in [0, 0.05) is 30.3 Å². The first kappa shape index (κ1) is 26.3. The highest BCUT2D eigenvalue weighted by Crippen LogP contribution is 2.58. The summed E-state index contributed by atoms with van der Waals surface area (Å²) in [4.78, 5) is 19.6. The van der Waals surface area contributed by atoms with Gasteiger partial charge in [0.15, 0.2) is 15.1 Å². The Kier molecular flexibility index (Phi) is 6.32. The highest BCUT2D eigenvalue weighted by Gasteiger charge is 2.67. The number of nitrogens with one attached hydrogen (secondary N) is 2. The van der Waals surface area contributed by atoms with E-state index in [4.69, 9.17) is 10.00 Å². The first-order valence-corrected chi connectivity index (χ1v) is 13.4. The number of ether oxygens (including phenoxy) is 1. The maximum absolute atomic E-state index is 12.9. The Morgan fingerprint density at radius 2 is 2.03 bits per heavy atom. The number of carbonyl (C=O) groups is 1. The van der Waals surface area contributed by atoms with Gasteiger partial charge in [-0.2, -0.15) is 5.26 Å². The summed E-state index contributed by atoms with van der Waals surface area (Å²) < 4.78 is 4.92.